The predicted molar refractivity (Wildman–Crippen MR) is 40.8 cm³/mol. The maximum atomic E-state index is 11.2. The topological polar surface area (TPSA) is 37.4 Å². The molecule has 62 valence electrons. The molecule has 0 aromatic rings. The van der Waals surface area contributed by atoms with Gasteiger partial charge in [0.15, 0.2) is 0 Å². The van der Waals surface area contributed by atoms with Crippen LogP contribution in [-0.4, -0.2) is 22.8 Å². The van der Waals surface area contributed by atoms with Gasteiger partial charge in [0.25, 0.3) is 0 Å². The van der Waals surface area contributed by atoms with E-state index >= 15 is 0 Å². The number of nitrogens with zero attached hydrogens (tertiary/aromatic N) is 1. The average Bonchev–Trinajstić information content (AvgIpc) is 1.85. The van der Waals surface area contributed by atoms with Gasteiger partial charge in [-0.3, -0.25) is 14.5 Å². The van der Waals surface area contributed by atoms with Crippen LogP contribution >= 0.6 is 0 Å². The Morgan fingerprint density at radius 1 is 1.64 bits per heavy atom. The van der Waals surface area contributed by atoms with Gasteiger partial charge in [-0.05, 0) is 19.8 Å². The molecule has 0 aliphatic carbocycles. The van der Waals surface area contributed by atoms with Crippen LogP contribution in [0.4, 0.5) is 0 Å². The van der Waals surface area contributed by atoms with Crippen molar-refractivity contribution in [3.05, 3.63) is 0 Å². The number of rotatable bonds is 0. The van der Waals surface area contributed by atoms with E-state index in [0.717, 1.165) is 12.8 Å². The van der Waals surface area contributed by atoms with E-state index < -0.39 is 0 Å². The van der Waals surface area contributed by atoms with Crippen LogP contribution in [0, 0.1) is 0 Å². The normalized spacial score (nSPS) is 25.5. The largest absolute Gasteiger partial charge is 0.280 e. The lowest BCUT2D eigenvalue weighted by molar-refractivity contribution is -0.148. The minimum Gasteiger partial charge on any atom is -0.280 e. The Morgan fingerprint density at radius 2 is 2.27 bits per heavy atom. The molecule has 0 saturated carbocycles. The molecule has 1 aliphatic rings. The molecule has 1 aliphatic heterocycles. The van der Waals surface area contributed by atoms with Crippen molar-refractivity contribution in [1.82, 2.24) is 4.90 Å². The van der Waals surface area contributed by atoms with Gasteiger partial charge >= 0.3 is 0 Å². The fourth-order valence-corrected chi connectivity index (χ4v) is 1.53. The third kappa shape index (κ3) is 1.59. The van der Waals surface area contributed by atoms with Crippen molar-refractivity contribution in [2.75, 3.05) is 0 Å². The Balaban J connectivity index is 2.70. The molecule has 0 bridgehead atoms. The van der Waals surface area contributed by atoms with Crippen LogP contribution < -0.4 is 0 Å². The van der Waals surface area contributed by atoms with Crippen LogP contribution in [-0.2, 0) is 9.59 Å². The second-order valence-electron chi connectivity index (χ2n) is 3.02. The fourth-order valence-electron chi connectivity index (χ4n) is 1.53. The molecule has 1 atom stereocenters. The van der Waals surface area contributed by atoms with Gasteiger partial charge in [0.1, 0.15) is 0 Å². The molecular weight excluding hydrogens is 142 g/mol. The molecule has 2 amide bonds. The first-order valence-electron chi connectivity index (χ1n) is 3.95. The van der Waals surface area contributed by atoms with E-state index in [0.29, 0.717) is 6.42 Å². The number of amides is 2. The van der Waals surface area contributed by atoms with Gasteiger partial charge in [-0.15, -0.1) is 0 Å². The molecule has 3 nitrogen and oxygen atoms in total. The smallest absolute Gasteiger partial charge is 0.229 e. The van der Waals surface area contributed by atoms with Crippen LogP contribution in [0.25, 0.3) is 0 Å². The maximum Gasteiger partial charge on any atom is 0.229 e. The second kappa shape index (κ2) is 3.03. The summed E-state index contributed by atoms with van der Waals surface area (Å²) in [6, 6.07) is 0.105. The average molecular weight is 155 g/mol. The number of carbonyl (C=O) groups excluding carboxylic acids is 2. The van der Waals surface area contributed by atoms with Gasteiger partial charge in [-0.1, -0.05) is 0 Å². The number of carbonyl (C=O) groups is 2. The molecule has 1 heterocycles. The van der Waals surface area contributed by atoms with Gasteiger partial charge in [-0.2, -0.15) is 0 Å². The lowest BCUT2D eigenvalue weighted by Crippen LogP contribution is -2.44. The van der Waals surface area contributed by atoms with Crippen LogP contribution in [0.15, 0.2) is 0 Å². The van der Waals surface area contributed by atoms with Crippen LogP contribution in [0.5, 0.6) is 0 Å². The maximum absolute atomic E-state index is 11.2. The second-order valence-corrected chi connectivity index (χ2v) is 3.02. The highest BCUT2D eigenvalue weighted by Crippen LogP contribution is 2.17. The summed E-state index contributed by atoms with van der Waals surface area (Å²) in [4.78, 5) is 23.4. The summed E-state index contributed by atoms with van der Waals surface area (Å²) in [7, 11) is 0. The monoisotopic (exact) mass is 155 g/mol. The van der Waals surface area contributed by atoms with Crippen molar-refractivity contribution >= 4 is 11.8 Å². The predicted octanol–water partition coefficient (Wildman–Crippen LogP) is 0.934. The Labute approximate surface area is 66.4 Å². The van der Waals surface area contributed by atoms with Crippen LogP contribution in [0.2, 0.25) is 0 Å². The molecule has 1 fully saturated rings. The summed E-state index contributed by atoms with van der Waals surface area (Å²) in [6.45, 7) is 3.36. The highest BCUT2D eigenvalue weighted by molar-refractivity contribution is 5.94. The first-order chi connectivity index (χ1) is 5.13. The van der Waals surface area contributed by atoms with Gasteiger partial charge in [-0.25, -0.2) is 0 Å². The fraction of sp³-hybridized carbons (Fsp3) is 0.750. The Bertz CT molecular complexity index is 189. The first-order valence-corrected chi connectivity index (χ1v) is 3.95. The van der Waals surface area contributed by atoms with Gasteiger partial charge < -0.3 is 0 Å². The Morgan fingerprint density at radius 3 is 2.64 bits per heavy atom. The quantitative estimate of drug-likeness (QED) is 0.522. The Kier molecular flexibility index (Phi) is 2.27. The molecular formula is C8H13NO2. The zero-order valence-corrected chi connectivity index (χ0v) is 6.96. The molecule has 1 rings (SSSR count). The summed E-state index contributed by atoms with van der Waals surface area (Å²) < 4.78 is 0. The van der Waals surface area contributed by atoms with Crippen LogP contribution in [0.3, 0.4) is 0 Å². The van der Waals surface area contributed by atoms with E-state index in [1.165, 1.54) is 11.8 Å². The number of imide groups is 1. The minimum absolute atomic E-state index is 0.0174. The van der Waals surface area contributed by atoms with Crippen molar-refractivity contribution in [3.8, 4) is 0 Å². The molecule has 0 aromatic heterocycles. The van der Waals surface area contributed by atoms with E-state index in [9.17, 15) is 9.59 Å². The van der Waals surface area contributed by atoms with E-state index in [1.807, 2.05) is 6.92 Å². The highest BCUT2D eigenvalue weighted by atomic mass is 16.2. The molecule has 1 unspecified atom stereocenters. The third-order valence-corrected chi connectivity index (χ3v) is 2.06. The molecule has 11 heavy (non-hydrogen) atoms. The molecule has 1 saturated heterocycles. The summed E-state index contributed by atoms with van der Waals surface area (Å²) in [5.74, 6) is -0.140. The standard InChI is InChI=1S/C8H13NO2/c1-6-4-3-5-8(11)9(6)7(2)10/h6H,3-5H2,1-2H3. The summed E-state index contributed by atoms with van der Waals surface area (Å²) in [6.07, 6.45) is 2.40. The van der Waals surface area contributed by atoms with Crippen molar-refractivity contribution in [2.24, 2.45) is 0 Å². The summed E-state index contributed by atoms with van der Waals surface area (Å²) in [5, 5.41) is 0. The molecule has 0 aromatic carbocycles. The molecule has 0 N–H and O–H groups in total. The lowest BCUT2D eigenvalue weighted by atomic mass is 10.0. The Hall–Kier alpha value is -0.860. The van der Waals surface area contributed by atoms with Gasteiger partial charge in [0, 0.05) is 19.4 Å². The molecule has 3 heteroatoms. The zero-order valence-electron chi connectivity index (χ0n) is 6.96. The zero-order chi connectivity index (χ0) is 8.43. The number of hydrogen-bond acceptors (Lipinski definition) is 2. The summed E-state index contributed by atoms with van der Waals surface area (Å²) >= 11 is 0. The first kappa shape index (κ1) is 8.24. The van der Waals surface area contributed by atoms with Gasteiger partial charge in [0.05, 0.1) is 0 Å². The highest BCUT2D eigenvalue weighted by Gasteiger charge is 2.27. The third-order valence-electron chi connectivity index (χ3n) is 2.06. The van der Waals surface area contributed by atoms with Crippen LogP contribution in [0.1, 0.15) is 33.1 Å². The van der Waals surface area contributed by atoms with E-state index in [2.05, 4.69) is 0 Å². The van der Waals surface area contributed by atoms with Crippen molar-refractivity contribution < 1.29 is 9.59 Å². The molecule has 0 spiro atoms. The van der Waals surface area contributed by atoms with E-state index in [-0.39, 0.29) is 17.9 Å². The van der Waals surface area contributed by atoms with Crippen molar-refractivity contribution in [2.45, 2.75) is 39.2 Å². The van der Waals surface area contributed by atoms with E-state index in [1.54, 1.807) is 0 Å². The lowest BCUT2D eigenvalue weighted by Gasteiger charge is -2.30. The number of piperidine rings is 1. The minimum atomic E-state index is -0.123. The number of hydrogen-bond donors (Lipinski definition) is 0. The van der Waals surface area contributed by atoms with Gasteiger partial charge in [0.2, 0.25) is 11.8 Å². The van der Waals surface area contributed by atoms with Crippen molar-refractivity contribution in [1.29, 1.82) is 0 Å². The molecule has 0 radical (unpaired) electrons. The summed E-state index contributed by atoms with van der Waals surface area (Å²) in [5.41, 5.74) is 0. The number of likely N-dealkylation sites (tertiary alicyclic amines) is 1. The van der Waals surface area contributed by atoms with E-state index in [4.69, 9.17) is 0 Å². The SMILES string of the molecule is CC(=O)N1C(=O)CCCC1C. The van der Waals surface area contributed by atoms with Crippen molar-refractivity contribution in [3.63, 3.8) is 0 Å².